The highest BCUT2D eigenvalue weighted by molar-refractivity contribution is 5.77. The fourth-order valence-corrected chi connectivity index (χ4v) is 2.02. The number of hydrogen-bond acceptors (Lipinski definition) is 2. The molecule has 1 rings (SSSR count). The van der Waals surface area contributed by atoms with Gasteiger partial charge in [0, 0.05) is 25.0 Å². The molecule has 0 heterocycles. The molecule has 0 aromatic rings. The number of carbonyl (C=O) groups is 1. The third-order valence-electron chi connectivity index (χ3n) is 3.35. The van der Waals surface area contributed by atoms with Crippen LogP contribution >= 0.6 is 0 Å². The molecule has 1 saturated carbocycles. The van der Waals surface area contributed by atoms with Crippen molar-refractivity contribution in [3.63, 3.8) is 0 Å². The normalized spacial score (nSPS) is 18.2. The first kappa shape index (κ1) is 13.5. The van der Waals surface area contributed by atoms with Gasteiger partial charge in [0.1, 0.15) is 0 Å². The van der Waals surface area contributed by atoms with Crippen LogP contribution in [0.1, 0.15) is 46.5 Å². The Balaban J connectivity index is 1.95. The molecule has 1 atom stereocenters. The number of hydrogen-bond donors (Lipinski definition) is 2. The van der Waals surface area contributed by atoms with E-state index in [-0.39, 0.29) is 11.8 Å². The van der Waals surface area contributed by atoms with Crippen LogP contribution in [0.25, 0.3) is 0 Å². The molecule has 1 aliphatic rings. The van der Waals surface area contributed by atoms with Crippen LogP contribution in [0.4, 0.5) is 0 Å². The lowest BCUT2D eigenvalue weighted by Gasteiger charge is -2.28. The predicted octanol–water partition coefficient (Wildman–Crippen LogP) is 1.93. The summed E-state index contributed by atoms with van der Waals surface area (Å²) in [4.78, 5) is 11.3. The highest BCUT2D eigenvalue weighted by Crippen LogP contribution is 2.30. The number of amides is 1. The Kier molecular flexibility index (Phi) is 5.81. The van der Waals surface area contributed by atoms with Gasteiger partial charge in [0.05, 0.1) is 0 Å². The van der Waals surface area contributed by atoms with Gasteiger partial charge in [0.25, 0.3) is 0 Å². The standard InChI is InChI=1S/C13H26N2O/c1-10(2)13(16)15-8-7-14-11(3)9-12-5-4-6-12/h10-12,14H,4-9H2,1-3H3,(H,15,16). The SMILES string of the molecule is CC(CC1CCC1)NCCNC(=O)C(C)C. The summed E-state index contributed by atoms with van der Waals surface area (Å²) in [6, 6.07) is 0.584. The number of nitrogens with one attached hydrogen (secondary N) is 2. The number of rotatable bonds is 7. The second-order valence-corrected chi connectivity index (χ2v) is 5.33. The lowest BCUT2D eigenvalue weighted by Crippen LogP contribution is -2.38. The zero-order chi connectivity index (χ0) is 12.0. The van der Waals surface area contributed by atoms with E-state index in [9.17, 15) is 4.79 Å². The zero-order valence-electron chi connectivity index (χ0n) is 10.9. The maximum atomic E-state index is 11.3. The molecule has 1 amide bonds. The van der Waals surface area contributed by atoms with E-state index in [1.165, 1.54) is 25.7 Å². The molecule has 0 aliphatic heterocycles. The minimum atomic E-state index is 0.0902. The topological polar surface area (TPSA) is 41.1 Å². The quantitative estimate of drug-likeness (QED) is 0.651. The van der Waals surface area contributed by atoms with E-state index in [1.807, 2.05) is 13.8 Å². The van der Waals surface area contributed by atoms with Crippen molar-refractivity contribution in [2.75, 3.05) is 13.1 Å². The molecule has 94 valence electrons. The third-order valence-corrected chi connectivity index (χ3v) is 3.35. The molecule has 0 aromatic heterocycles. The Morgan fingerprint density at radius 1 is 1.25 bits per heavy atom. The predicted molar refractivity (Wildman–Crippen MR) is 67.3 cm³/mol. The van der Waals surface area contributed by atoms with E-state index < -0.39 is 0 Å². The minimum absolute atomic E-state index is 0.0902. The molecule has 1 aliphatic carbocycles. The summed E-state index contributed by atoms with van der Waals surface area (Å²) < 4.78 is 0. The van der Waals surface area contributed by atoms with Gasteiger partial charge in [-0.05, 0) is 19.3 Å². The van der Waals surface area contributed by atoms with E-state index in [4.69, 9.17) is 0 Å². The summed E-state index contributed by atoms with van der Waals surface area (Å²) in [6.45, 7) is 7.70. The van der Waals surface area contributed by atoms with Gasteiger partial charge in [-0.25, -0.2) is 0 Å². The average molecular weight is 226 g/mol. The summed E-state index contributed by atoms with van der Waals surface area (Å²) in [5, 5.41) is 6.38. The molecular formula is C13H26N2O. The molecule has 0 bridgehead atoms. The van der Waals surface area contributed by atoms with Gasteiger partial charge in [0.2, 0.25) is 5.91 Å². The van der Waals surface area contributed by atoms with Gasteiger partial charge in [0.15, 0.2) is 0 Å². The fraction of sp³-hybridized carbons (Fsp3) is 0.923. The van der Waals surface area contributed by atoms with Crippen molar-refractivity contribution >= 4 is 5.91 Å². The molecule has 0 aromatic carbocycles. The largest absolute Gasteiger partial charge is 0.355 e. The van der Waals surface area contributed by atoms with Crippen LogP contribution in [-0.4, -0.2) is 25.0 Å². The molecule has 0 saturated heterocycles. The van der Waals surface area contributed by atoms with E-state index >= 15 is 0 Å². The van der Waals surface area contributed by atoms with Crippen LogP contribution in [0.5, 0.6) is 0 Å². The minimum Gasteiger partial charge on any atom is -0.355 e. The van der Waals surface area contributed by atoms with Gasteiger partial charge in [-0.2, -0.15) is 0 Å². The van der Waals surface area contributed by atoms with Crippen LogP contribution in [0.2, 0.25) is 0 Å². The van der Waals surface area contributed by atoms with Crippen molar-refractivity contribution in [3.05, 3.63) is 0 Å². The lowest BCUT2D eigenvalue weighted by molar-refractivity contribution is -0.123. The monoisotopic (exact) mass is 226 g/mol. The van der Waals surface area contributed by atoms with E-state index in [1.54, 1.807) is 0 Å². The van der Waals surface area contributed by atoms with Gasteiger partial charge < -0.3 is 10.6 Å². The van der Waals surface area contributed by atoms with E-state index in [0.717, 1.165) is 19.0 Å². The maximum absolute atomic E-state index is 11.3. The van der Waals surface area contributed by atoms with Crippen molar-refractivity contribution < 1.29 is 4.79 Å². The fourth-order valence-electron chi connectivity index (χ4n) is 2.02. The summed E-state index contributed by atoms with van der Waals surface area (Å²) >= 11 is 0. The Labute approximate surface area is 99.4 Å². The lowest BCUT2D eigenvalue weighted by atomic mass is 9.81. The Morgan fingerprint density at radius 3 is 2.44 bits per heavy atom. The molecule has 1 fully saturated rings. The first-order chi connectivity index (χ1) is 7.59. The van der Waals surface area contributed by atoms with Crippen molar-refractivity contribution in [2.24, 2.45) is 11.8 Å². The Bertz CT molecular complexity index is 212. The van der Waals surface area contributed by atoms with Crippen LogP contribution in [0.3, 0.4) is 0 Å². The highest BCUT2D eigenvalue weighted by atomic mass is 16.1. The van der Waals surface area contributed by atoms with E-state index in [2.05, 4.69) is 17.6 Å². The first-order valence-electron chi connectivity index (χ1n) is 6.60. The van der Waals surface area contributed by atoms with Crippen LogP contribution in [0.15, 0.2) is 0 Å². The van der Waals surface area contributed by atoms with Crippen LogP contribution in [-0.2, 0) is 4.79 Å². The average Bonchev–Trinajstić information content (AvgIpc) is 2.18. The summed E-state index contributed by atoms with van der Waals surface area (Å²) in [6.07, 6.45) is 5.53. The van der Waals surface area contributed by atoms with Crippen molar-refractivity contribution in [1.29, 1.82) is 0 Å². The second kappa shape index (κ2) is 6.89. The summed E-state index contributed by atoms with van der Waals surface area (Å²) in [7, 11) is 0. The van der Waals surface area contributed by atoms with Gasteiger partial charge in [-0.1, -0.05) is 33.1 Å². The highest BCUT2D eigenvalue weighted by Gasteiger charge is 2.19. The smallest absolute Gasteiger partial charge is 0.222 e. The number of carbonyl (C=O) groups excluding carboxylic acids is 1. The van der Waals surface area contributed by atoms with Gasteiger partial charge in [-0.15, -0.1) is 0 Å². The van der Waals surface area contributed by atoms with Gasteiger partial charge in [-0.3, -0.25) is 4.79 Å². The molecule has 16 heavy (non-hydrogen) atoms. The Hall–Kier alpha value is -0.570. The molecular weight excluding hydrogens is 200 g/mol. The maximum Gasteiger partial charge on any atom is 0.222 e. The van der Waals surface area contributed by atoms with Crippen LogP contribution in [0, 0.1) is 11.8 Å². The van der Waals surface area contributed by atoms with Crippen molar-refractivity contribution in [3.8, 4) is 0 Å². The van der Waals surface area contributed by atoms with Crippen molar-refractivity contribution in [2.45, 2.75) is 52.5 Å². The molecule has 2 N–H and O–H groups in total. The molecule has 1 unspecified atom stereocenters. The molecule has 0 spiro atoms. The van der Waals surface area contributed by atoms with Crippen molar-refractivity contribution in [1.82, 2.24) is 10.6 Å². The zero-order valence-corrected chi connectivity index (χ0v) is 10.9. The Morgan fingerprint density at radius 2 is 1.94 bits per heavy atom. The van der Waals surface area contributed by atoms with Gasteiger partial charge >= 0.3 is 0 Å². The first-order valence-corrected chi connectivity index (χ1v) is 6.60. The summed E-state index contributed by atoms with van der Waals surface area (Å²) in [5.74, 6) is 1.19. The summed E-state index contributed by atoms with van der Waals surface area (Å²) in [5.41, 5.74) is 0. The van der Waals surface area contributed by atoms with E-state index in [0.29, 0.717) is 6.04 Å². The van der Waals surface area contributed by atoms with Crippen LogP contribution < -0.4 is 10.6 Å². The second-order valence-electron chi connectivity index (χ2n) is 5.33. The molecule has 3 heteroatoms. The molecule has 3 nitrogen and oxygen atoms in total. The molecule has 0 radical (unpaired) electrons. The third kappa shape index (κ3) is 4.97.